The topological polar surface area (TPSA) is 62.1 Å². The van der Waals surface area contributed by atoms with Crippen molar-refractivity contribution in [1.29, 1.82) is 5.26 Å². The molecule has 1 aromatic carbocycles. The molecule has 1 N–H and O–H groups in total. The van der Waals surface area contributed by atoms with Crippen molar-refractivity contribution in [3.63, 3.8) is 0 Å². The first-order valence-electron chi connectivity index (χ1n) is 6.51. The normalized spacial score (nSPS) is 11.4. The number of carbonyl (C=O) groups is 1. The van der Waals surface area contributed by atoms with Gasteiger partial charge in [0.15, 0.2) is 0 Å². The second kappa shape index (κ2) is 8.15. The lowest BCUT2D eigenvalue weighted by Crippen LogP contribution is -2.31. The molecule has 1 atom stereocenters. The molecule has 102 valence electrons. The molecule has 0 saturated heterocycles. The van der Waals surface area contributed by atoms with Crippen molar-refractivity contribution in [2.24, 2.45) is 5.92 Å². The van der Waals surface area contributed by atoms with E-state index in [1.807, 2.05) is 37.3 Å². The maximum atomic E-state index is 11.7. The van der Waals surface area contributed by atoms with Gasteiger partial charge in [0.25, 0.3) is 0 Å². The fraction of sp³-hybridized carbons (Fsp3) is 0.467. The van der Waals surface area contributed by atoms with Gasteiger partial charge in [0.1, 0.15) is 11.7 Å². The van der Waals surface area contributed by atoms with Gasteiger partial charge in [-0.1, -0.05) is 25.5 Å². The van der Waals surface area contributed by atoms with E-state index >= 15 is 0 Å². The fourth-order valence-electron chi connectivity index (χ4n) is 1.82. The third kappa shape index (κ3) is 5.01. The molecule has 1 rings (SSSR count). The van der Waals surface area contributed by atoms with Crippen LogP contribution in [0.15, 0.2) is 24.3 Å². The monoisotopic (exact) mass is 260 g/mol. The van der Waals surface area contributed by atoms with Gasteiger partial charge < -0.3 is 10.1 Å². The number of rotatable bonds is 7. The van der Waals surface area contributed by atoms with E-state index in [4.69, 9.17) is 10.00 Å². The summed E-state index contributed by atoms with van der Waals surface area (Å²) in [5.41, 5.74) is 1.10. The number of nitrogens with zero attached hydrogens (tertiary/aromatic N) is 1. The average molecular weight is 260 g/mol. The Morgan fingerprint density at radius 2 is 2.32 bits per heavy atom. The molecule has 4 heteroatoms. The molecule has 0 radical (unpaired) electrons. The number of benzene rings is 1. The van der Waals surface area contributed by atoms with Crippen LogP contribution in [-0.2, 0) is 11.2 Å². The van der Waals surface area contributed by atoms with E-state index in [1.165, 1.54) is 0 Å². The predicted octanol–water partition coefficient (Wildman–Crippen LogP) is 2.29. The number of nitrogens with one attached hydrogen (secondary N) is 1. The molecule has 0 aliphatic rings. The highest BCUT2D eigenvalue weighted by Gasteiger charge is 2.15. The van der Waals surface area contributed by atoms with E-state index in [0.29, 0.717) is 13.0 Å². The zero-order chi connectivity index (χ0) is 14.1. The van der Waals surface area contributed by atoms with Gasteiger partial charge in [-0.05, 0) is 30.5 Å². The third-order valence-corrected chi connectivity index (χ3v) is 2.90. The summed E-state index contributed by atoms with van der Waals surface area (Å²) in [5.74, 6) is 0.104. The fourth-order valence-corrected chi connectivity index (χ4v) is 1.82. The smallest absolute Gasteiger partial charge is 0.237 e. The summed E-state index contributed by atoms with van der Waals surface area (Å²) in [6.45, 7) is 2.50. The van der Waals surface area contributed by atoms with Crippen molar-refractivity contribution in [1.82, 2.24) is 5.32 Å². The number of amides is 1. The summed E-state index contributed by atoms with van der Waals surface area (Å²) < 4.78 is 5.14. The van der Waals surface area contributed by atoms with Crippen molar-refractivity contribution < 1.29 is 9.53 Å². The standard InChI is InChI=1S/C15H20N2O2/c1-3-5-13(11-16)15(18)17-9-8-12-6-4-7-14(10-12)19-2/h4,6-7,10,13H,3,5,8-9H2,1-2H3,(H,17,18). The summed E-state index contributed by atoms with van der Waals surface area (Å²) in [6, 6.07) is 9.78. The van der Waals surface area contributed by atoms with E-state index in [9.17, 15) is 4.79 Å². The lowest BCUT2D eigenvalue weighted by Gasteiger charge is -2.09. The molecule has 0 aliphatic heterocycles. The van der Waals surface area contributed by atoms with Crippen LogP contribution in [0.4, 0.5) is 0 Å². The molecule has 0 aliphatic carbocycles. The van der Waals surface area contributed by atoms with E-state index in [2.05, 4.69) is 5.32 Å². The van der Waals surface area contributed by atoms with Crippen molar-refractivity contribution in [3.05, 3.63) is 29.8 Å². The Morgan fingerprint density at radius 1 is 1.53 bits per heavy atom. The minimum absolute atomic E-state index is 0.174. The largest absolute Gasteiger partial charge is 0.497 e. The van der Waals surface area contributed by atoms with Crippen LogP contribution in [0.1, 0.15) is 25.3 Å². The van der Waals surface area contributed by atoms with Crippen LogP contribution < -0.4 is 10.1 Å². The summed E-state index contributed by atoms with van der Waals surface area (Å²) in [7, 11) is 1.63. The number of hydrogen-bond donors (Lipinski definition) is 1. The SMILES string of the molecule is CCCC(C#N)C(=O)NCCc1cccc(OC)c1. The van der Waals surface area contributed by atoms with Crippen LogP contribution in [0.3, 0.4) is 0 Å². The van der Waals surface area contributed by atoms with Crippen molar-refractivity contribution in [3.8, 4) is 11.8 Å². The predicted molar refractivity (Wildman–Crippen MR) is 73.7 cm³/mol. The Balaban J connectivity index is 2.41. The summed E-state index contributed by atoms with van der Waals surface area (Å²) in [5, 5.41) is 11.7. The molecule has 0 bridgehead atoms. The molecule has 0 spiro atoms. The first-order chi connectivity index (χ1) is 9.21. The molecule has 0 aromatic heterocycles. The zero-order valence-corrected chi connectivity index (χ0v) is 11.5. The molecule has 1 aromatic rings. The average Bonchev–Trinajstić information content (AvgIpc) is 2.44. The lowest BCUT2D eigenvalue weighted by atomic mass is 10.0. The van der Waals surface area contributed by atoms with Gasteiger partial charge in [0, 0.05) is 6.54 Å². The van der Waals surface area contributed by atoms with Crippen molar-refractivity contribution >= 4 is 5.91 Å². The van der Waals surface area contributed by atoms with Crippen LogP contribution in [-0.4, -0.2) is 19.6 Å². The van der Waals surface area contributed by atoms with E-state index in [0.717, 1.165) is 24.2 Å². The van der Waals surface area contributed by atoms with Crippen LogP contribution in [0.2, 0.25) is 0 Å². The Bertz CT molecular complexity index is 452. The summed E-state index contributed by atoms with van der Waals surface area (Å²) in [6.07, 6.45) is 2.18. The van der Waals surface area contributed by atoms with E-state index in [1.54, 1.807) is 7.11 Å². The molecular formula is C15H20N2O2. The van der Waals surface area contributed by atoms with Gasteiger partial charge in [-0.15, -0.1) is 0 Å². The van der Waals surface area contributed by atoms with E-state index < -0.39 is 5.92 Å². The highest BCUT2D eigenvalue weighted by atomic mass is 16.5. The van der Waals surface area contributed by atoms with Gasteiger partial charge in [-0.25, -0.2) is 0 Å². The number of ether oxygens (including phenoxy) is 1. The molecule has 0 fully saturated rings. The Labute approximate surface area is 114 Å². The minimum Gasteiger partial charge on any atom is -0.497 e. The molecule has 1 unspecified atom stereocenters. The van der Waals surface area contributed by atoms with Crippen molar-refractivity contribution in [2.45, 2.75) is 26.2 Å². The Morgan fingerprint density at radius 3 is 2.95 bits per heavy atom. The Hall–Kier alpha value is -2.02. The second-order valence-electron chi connectivity index (χ2n) is 4.36. The van der Waals surface area contributed by atoms with Crippen LogP contribution in [0, 0.1) is 17.2 Å². The first kappa shape index (κ1) is 15.0. The van der Waals surface area contributed by atoms with Gasteiger partial charge in [-0.3, -0.25) is 4.79 Å². The highest BCUT2D eigenvalue weighted by Crippen LogP contribution is 2.12. The number of methoxy groups -OCH3 is 1. The van der Waals surface area contributed by atoms with Gasteiger partial charge in [0.05, 0.1) is 13.2 Å². The molecule has 0 heterocycles. The van der Waals surface area contributed by atoms with Gasteiger partial charge >= 0.3 is 0 Å². The highest BCUT2D eigenvalue weighted by molar-refractivity contribution is 5.80. The third-order valence-electron chi connectivity index (χ3n) is 2.90. The Kier molecular flexibility index (Phi) is 6.45. The molecular weight excluding hydrogens is 240 g/mol. The number of carbonyl (C=O) groups excluding carboxylic acids is 1. The molecule has 19 heavy (non-hydrogen) atoms. The van der Waals surface area contributed by atoms with E-state index in [-0.39, 0.29) is 5.91 Å². The molecule has 1 amide bonds. The second-order valence-corrected chi connectivity index (χ2v) is 4.36. The minimum atomic E-state index is -0.532. The van der Waals surface area contributed by atoms with Crippen LogP contribution in [0.5, 0.6) is 5.75 Å². The quantitative estimate of drug-likeness (QED) is 0.818. The maximum absolute atomic E-state index is 11.7. The summed E-state index contributed by atoms with van der Waals surface area (Å²) in [4.78, 5) is 11.7. The first-order valence-corrected chi connectivity index (χ1v) is 6.51. The van der Waals surface area contributed by atoms with Gasteiger partial charge in [-0.2, -0.15) is 5.26 Å². The zero-order valence-electron chi connectivity index (χ0n) is 11.5. The van der Waals surface area contributed by atoms with Crippen molar-refractivity contribution in [2.75, 3.05) is 13.7 Å². The number of nitriles is 1. The number of hydrogen-bond acceptors (Lipinski definition) is 3. The maximum Gasteiger partial charge on any atom is 0.237 e. The van der Waals surface area contributed by atoms with Crippen LogP contribution in [0.25, 0.3) is 0 Å². The molecule has 0 saturated carbocycles. The molecule has 4 nitrogen and oxygen atoms in total. The lowest BCUT2D eigenvalue weighted by molar-refractivity contribution is -0.123. The summed E-state index contributed by atoms with van der Waals surface area (Å²) >= 11 is 0. The van der Waals surface area contributed by atoms with Gasteiger partial charge in [0.2, 0.25) is 5.91 Å². The van der Waals surface area contributed by atoms with Crippen LogP contribution >= 0.6 is 0 Å².